The van der Waals surface area contributed by atoms with Crippen LogP contribution in [0.4, 0.5) is 0 Å². The van der Waals surface area contributed by atoms with Crippen LogP contribution >= 0.6 is 11.6 Å². The molecule has 0 saturated carbocycles. The van der Waals surface area contributed by atoms with Gasteiger partial charge in [-0.3, -0.25) is 4.79 Å². The van der Waals surface area contributed by atoms with Crippen molar-refractivity contribution in [2.75, 3.05) is 20.8 Å². The van der Waals surface area contributed by atoms with E-state index in [0.717, 1.165) is 16.9 Å². The van der Waals surface area contributed by atoms with Crippen molar-refractivity contribution in [3.05, 3.63) is 58.6 Å². The second-order valence-corrected chi connectivity index (χ2v) is 5.78. The molecule has 0 radical (unpaired) electrons. The van der Waals surface area contributed by atoms with Crippen LogP contribution in [0, 0.1) is 0 Å². The highest BCUT2D eigenvalue weighted by Crippen LogP contribution is 2.36. The maximum atomic E-state index is 12.0. The molecule has 2 aromatic rings. The maximum absolute atomic E-state index is 12.0. The van der Waals surface area contributed by atoms with E-state index in [-0.39, 0.29) is 5.91 Å². The van der Waals surface area contributed by atoms with Gasteiger partial charge in [0.1, 0.15) is 5.75 Å². The number of nitrogens with one attached hydrogen (secondary N) is 1. The van der Waals surface area contributed by atoms with Gasteiger partial charge in [0.15, 0.2) is 11.5 Å². The van der Waals surface area contributed by atoms with Gasteiger partial charge in [-0.2, -0.15) is 0 Å². The molecule has 0 heterocycles. The van der Waals surface area contributed by atoms with Crippen molar-refractivity contribution in [3.8, 4) is 17.2 Å². The minimum atomic E-state index is -0.210. The fourth-order valence-electron chi connectivity index (χ4n) is 2.35. The number of hydrogen-bond donors (Lipinski definition) is 1. The van der Waals surface area contributed by atoms with E-state index >= 15 is 0 Å². The molecule has 2 aromatic carbocycles. The van der Waals surface area contributed by atoms with Gasteiger partial charge in [0, 0.05) is 12.6 Å². The fourth-order valence-corrected chi connectivity index (χ4v) is 2.64. The Morgan fingerprint density at radius 3 is 2.69 bits per heavy atom. The SMILES string of the molecule is CCOc1cc(/C=C/C(=O)NCc2cccc(OC)c2)cc(Cl)c1OC. The highest BCUT2D eigenvalue weighted by molar-refractivity contribution is 6.32. The van der Waals surface area contributed by atoms with Gasteiger partial charge in [0.05, 0.1) is 25.8 Å². The van der Waals surface area contributed by atoms with Crippen molar-refractivity contribution in [1.82, 2.24) is 5.32 Å². The van der Waals surface area contributed by atoms with Crippen molar-refractivity contribution in [3.63, 3.8) is 0 Å². The summed E-state index contributed by atoms with van der Waals surface area (Å²) in [6.45, 7) is 2.77. The number of methoxy groups -OCH3 is 2. The lowest BCUT2D eigenvalue weighted by Gasteiger charge is -2.11. The van der Waals surface area contributed by atoms with Crippen LogP contribution in [0.15, 0.2) is 42.5 Å². The molecule has 0 bridgehead atoms. The number of ether oxygens (including phenoxy) is 3. The van der Waals surface area contributed by atoms with Crippen LogP contribution in [0.1, 0.15) is 18.1 Å². The number of benzene rings is 2. The molecule has 5 nitrogen and oxygen atoms in total. The summed E-state index contributed by atoms with van der Waals surface area (Å²) in [6.07, 6.45) is 3.13. The Morgan fingerprint density at radius 2 is 2.00 bits per heavy atom. The summed E-state index contributed by atoms with van der Waals surface area (Å²) in [6, 6.07) is 11.0. The largest absolute Gasteiger partial charge is 0.497 e. The van der Waals surface area contributed by atoms with E-state index in [1.807, 2.05) is 31.2 Å². The minimum Gasteiger partial charge on any atom is -0.497 e. The molecule has 1 amide bonds. The van der Waals surface area contributed by atoms with Crippen LogP contribution in [0.25, 0.3) is 6.08 Å². The molecule has 1 N–H and O–H groups in total. The summed E-state index contributed by atoms with van der Waals surface area (Å²) in [5, 5.41) is 3.25. The zero-order chi connectivity index (χ0) is 18.9. The minimum absolute atomic E-state index is 0.210. The van der Waals surface area contributed by atoms with E-state index in [9.17, 15) is 4.79 Å². The molecule has 2 rings (SSSR count). The summed E-state index contributed by atoms with van der Waals surface area (Å²) in [7, 11) is 3.14. The molecule has 0 aliphatic rings. The van der Waals surface area contributed by atoms with E-state index in [4.69, 9.17) is 25.8 Å². The number of carbonyl (C=O) groups is 1. The van der Waals surface area contributed by atoms with Crippen LogP contribution in [-0.4, -0.2) is 26.7 Å². The summed E-state index contributed by atoms with van der Waals surface area (Å²) in [5.74, 6) is 1.56. The maximum Gasteiger partial charge on any atom is 0.244 e. The zero-order valence-corrected chi connectivity index (χ0v) is 15.8. The van der Waals surface area contributed by atoms with Crippen molar-refractivity contribution in [2.45, 2.75) is 13.5 Å². The molecule has 0 saturated heterocycles. The van der Waals surface area contributed by atoms with Crippen LogP contribution < -0.4 is 19.5 Å². The van der Waals surface area contributed by atoms with Gasteiger partial charge in [0.25, 0.3) is 0 Å². The Labute approximate surface area is 158 Å². The molecule has 0 aliphatic heterocycles. The lowest BCUT2D eigenvalue weighted by atomic mass is 10.1. The lowest BCUT2D eigenvalue weighted by molar-refractivity contribution is -0.116. The Bertz CT molecular complexity index is 789. The molecule has 0 aromatic heterocycles. The first kappa shape index (κ1) is 19.7. The third-order valence-corrected chi connectivity index (χ3v) is 3.84. The first-order valence-electron chi connectivity index (χ1n) is 8.16. The number of hydrogen-bond acceptors (Lipinski definition) is 4. The van der Waals surface area contributed by atoms with Crippen molar-refractivity contribution >= 4 is 23.6 Å². The van der Waals surface area contributed by atoms with E-state index in [0.29, 0.717) is 29.7 Å². The number of amides is 1. The topological polar surface area (TPSA) is 56.8 Å². The zero-order valence-electron chi connectivity index (χ0n) is 15.0. The predicted octanol–water partition coefficient (Wildman–Crippen LogP) is 4.09. The molecule has 26 heavy (non-hydrogen) atoms. The van der Waals surface area contributed by atoms with Crippen LogP contribution in [-0.2, 0) is 11.3 Å². The Kier molecular flexibility index (Phi) is 7.36. The highest BCUT2D eigenvalue weighted by atomic mass is 35.5. The van der Waals surface area contributed by atoms with Gasteiger partial charge in [-0.05, 0) is 48.4 Å². The molecule has 0 atom stereocenters. The van der Waals surface area contributed by atoms with Gasteiger partial charge < -0.3 is 19.5 Å². The average molecular weight is 376 g/mol. The summed E-state index contributed by atoms with van der Waals surface area (Å²) in [4.78, 5) is 12.0. The lowest BCUT2D eigenvalue weighted by Crippen LogP contribution is -2.20. The van der Waals surface area contributed by atoms with Crippen LogP contribution in [0.2, 0.25) is 5.02 Å². The Balaban J connectivity index is 2.03. The Hall–Kier alpha value is -2.66. The molecule has 0 aliphatic carbocycles. The van der Waals surface area contributed by atoms with E-state index in [1.54, 1.807) is 25.3 Å². The first-order chi connectivity index (χ1) is 12.6. The quantitative estimate of drug-likeness (QED) is 0.706. The number of rotatable bonds is 8. The number of carbonyl (C=O) groups excluding carboxylic acids is 1. The predicted molar refractivity (Wildman–Crippen MR) is 103 cm³/mol. The molecule has 0 unspecified atom stereocenters. The van der Waals surface area contributed by atoms with Crippen molar-refractivity contribution in [1.29, 1.82) is 0 Å². The van der Waals surface area contributed by atoms with E-state index in [2.05, 4.69) is 5.32 Å². The molecule has 6 heteroatoms. The summed E-state index contributed by atoms with van der Waals surface area (Å²) < 4.78 is 15.9. The first-order valence-corrected chi connectivity index (χ1v) is 8.54. The van der Waals surface area contributed by atoms with Gasteiger partial charge in [-0.1, -0.05) is 23.7 Å². The molecule has 0 fully saturated rings. The third-order valence-electron chi connectivity index (χ3n) is 3.56. The van der Waals surface area contributed by atoms with Crippen molar-refractivity contribution < 1.29 is 19.0 Å². The van der Waals surface area contributed by atoms with E-state index in [1.165, 1.54) is 13.2 Å². The van der Waals surface area contributed by atoms with Gasteiger partial charge in [-0.25, -0.2) is 0 Å². The van der Waals surface area contributed by atoms with Crippen LogP contribution in [0.5, 0.6) is 17.2 Å². The fraction of sp³-hybridized carbons (Fsp3) is 0.250. The molecule has 138 valence electrons. The normalized spacial score (nSPS) is 10.6. The molecular formula is C20H22ClNO4. The van der Waals surface area contributed by atoms with Gasteiger partial charge in [0.2, 0.25) is 5.91 Å². The summed E-state index contributed by atoms with van der Waals surface area (Å²) >= 11 is 6.20. The van der Waals surface area contributed by atoms with Crippen molar-refractivity contribution in [2.24, 2.45) is 0 Å². The summed E-state index contributed by atoms with van der Waals surface area (Å²) in [5.41, 5.74) is 1.70. The van der Waals surface area contributed by atoms with Gasteiger partial charge in [-0.15, -0.1) is 0 Å². The van der Waals surface area contributed by atoms with E-state index < -0.39 is 0 Å². The second-order valence-electron chi connectivity index (χ2n) is 5.37. The molecular weight excluding hydrogens is 354 g/mol. The van der Waals surface area contributed by atoms with Gasteiger partial charge >= 0.3 is 0 Å². The van der Waals surface area contributed by atoms with Crippen LogP contribution in [0.3, 0.4) is 0 Å². The molecule has 0 spiro atoms. The Morgan fingerprint density at radius 1 is 1.19 bits per heavy atom. The average Bonchev–Trinajstić information content (AvgIpc) is 2.65. The monoisotopic (exact) mass is 375 g/mol. The second kappa shape index (κ2) is 9.73. The number of halogens is 1. The standard InChI is InChI=1S/C20H22ClNO4/c1-4-26-18-12-14(11-17(21)20(18)25-3)8-9-19(23)22-13-15-6-5-7-16(10-15)24-2/h5-12H,4,13H2,1-3H3,(H,22,23)/b9-8+. The third kappa shape index (κ3) is 5.43. The smallest absolute Gasteiger partial charge is 0.244 e. The highest BCUT2D eigenvalue weighted by Gasteiger charge is 2.10.